The molecular weight excluding hydrogens is 371 g/mol. The van der Waals surface area contributed by atoms with Gasteiger partial charge in [-0.1, -0.05) is 6.07 Å². The predicted molar refractivity (Wildman–Crippen MR) is 76.0 cm³/mol. The zero-order valence-electron chi connectivity index (χ0n) is 10.6. The minimum Gasteiger partial charge on any atom is -0.278 e. The second-order valence-corrected chi connectivity index (χ2v) is 6.76. The molecule has 2 aromatic carbocycles. The molecule has 0 fully saturated rings. The van der Waals surface area contributed by atoms with Crippen LogP contribution in [0.25, 0.3) is 0 Å². The van der Waals surface area contributed by atoms with Gasteiger partial charge in [0.2, 0.25) is 0 Å². The lowest BCUT2D eigenvalue weighted by atomic mass is 10.2. The van der Waals surface area contributed by atoms with Gasteiger partial charge in [0.05, 0.1) is 5.69 Å². The number of benzene rings is 2. The lowest BCUT2D eigenvalue weighted by molar-refractivity contribution is 0.498. The minimum atomic E-state index is -4.53. The van der Waals surface area contributed by atoms with Gasteiger partial charge in [0.15, 0.2) is 4.90 Å². The van der Waals surface area contributed by atoms with Crippen LogP contribution in [0.3, 0.4) is 0 Å². The highest BCUT2D eigenvalue weighted by Crippen LogP contribution is 2.28. The Morgan fingerprint density at radius 3 is 2.19 bits per heavy atom. The molecule has 0 spiro atoms. The van der Waals surface area contributed by atoms with E-state index in [2.05, 4.69) is 20.7 Å². The Balaban J connectivity index is 2.51. The summed E-state index contributed by atoms with van der Waals surface area (Å²) in [4.78, 5) is -1.22. The first-order chi connectivity index (χ1) is 9.70. The fourth-order valence-electron chi connectivity index (χ4n) is 1.70. The van der Waals surface area contributed by atoms with E-state index >= 15 is 0 Å². The molecule has 2 aromatic rings. The zero-order valence-corrected chi connectivity index (χ0v) is 13.0. The van der Waals surface area contributed by atoms with Crippen molar-refractivity contribution in [3.63, 3.8) is 0 Å². The fraction of sp³-hybridized carbons (Fsp3) is 0.0769. The summed E-state index contributed by atoms with van der Waals surface area (Å²) in [6, 6.07) is 5.42. The van der Waals surface area contributed by atoms with Crippen LogP contribution in [0.5, 0.6) is 0 Å². The molecule has 3 nitrogen and oxygen atoms in total. The molecule has 0 aromatic heterocycles. The summed E-state index contributed by atoms with van der Waals surface area (Å²) in [5, 5.41) is 0. The van der Waals surface area contributed by atoms with Crippen LogP contribution in [-0.4, -0.2) is 8.42 Å². The van der Waals surface area contributed by atoms with Gasteiger partial charge in [-0.05, 0) is 40.5 Å². The molecule has 0 aliphatic carbocycles. The van der Waals surface area contributed by atoms with E-state index in [-0.39, 0.29) is 5.69 Å². The largest absolute Gasteiger partial charge is 0.278 e. The molecule has 0 saturated carbocycles. The Hall–Kier alpha value is -1.54. The van der Waals surface area contributed by atoms with Gasteiger partial charge >= 0.3 is 0 Å². The first-order valence-corrected chi connectivity index (χ1v) is 7.92. The summed E-state index contributed by atoms with van der Waals surface area (Å²) < 4.78 is 66.6. The Bertz CT molecular complexity index is 786. The molecular formula is C13H9BrF3NO2S. The SMILES string of the molecule is Cc1ccc(Br)c(NS(=O)(=O)c2c(F)cc(F)cc2F)c1. The molecule has 0 saturated heterocycles. The van der Waals surface area contributed by atoms with Gasteiger partial charge in [-0.25, -0.2) is 21.6 Å². The van der Waals surface area contributed by atoms with Crippen molar-refractivity contribution in [2.45, 2.75) is 11.8 Å². The van der Waals surface area contributed by atoms with E-state index in [0.717, 1.165) is 5.56 Å². The van der Waals surface area contributed by atoms with E-state index < -0.39 is 32.4 Å². The summed E-state index contributed by atoms with van der Waals surface area (Å²) in [6.45, 7) is 1.73. The summed E-state index contributed by atoms with van der Waals surface area (Å²) >= 11 is 3.13. The number of nitrogens with one attached hydrogen (secondary N) is 1. The van der Waals surface area contributed by atoms with Crippen LogP contribution >= 0.6 is 15.9 Å². The van der Waals surface area contributed by atoms with Gasteiger partial charge in [0, 0.05) is 16.6 Å². The molecule has 8 heteroatoms. The van der Waals surface area contributed by atoms with Crippen molar-refractivity contribution in [1.82, 2.24) is 0 Å². The normalized spacial score (nSPS) is 11.5. The van der Waals surface area contributed by atoms with Gasteiger partial charge in [-0.3, -0.25) is 4.72 Å². The van der Waals surface area contributed by atoms with Crippen LogP contribution in [0.4, 0.5) is 18.9 Å². The molecule has 0 atom stereocenters. The third-order valence-corrected chi connectivity index (χ3v) is 4.71. The molecule has 0 bridgehead atoms. The van der Waals surface area contributed by atoms with Gasteiger partial charge in [0.25, 0.3) is 10.0 Å². The standard InChI is InChI=1S/C13H9BrF3NO2S/c1-7-2-3-9(14)12(4-7)18-21(19,20)13-10(16)5-8(15)6-11(13)17/h2-6,18H,1H3. The smallest absolute Gasteiger partial charge is 0.267 e. The first-order valence-electron chi connectivity index (χ1n) is 5.64. The van der Waals surface area contributed by atoms with E-state index in [0.29, 0.717) is 16.6 Å². The van der Waals surface area contributed by atoms with Crippen molar-refractivity contribution in [2.75, 3.05) is 4.72 Å². The van der Waals surface area contributed by atoms with Crippen LogP contribution in [0, 0.1) is 24.4 Å². The third kappa shape index (κ3) is 3.38. The summed E-state index contributed by atoms with van der Waals surface area (Å²) in [6.07, 6.45) is 0. The number of sulfonamides is 1. The number of hydrogen-bond acceptors (Lipinski definition) is 2. The maximum atomic E-state index is 13.6. The van der Waals surface area contributed by atoms with Crippen LogP contribution in [0.2, 0.25) is 0 Å². The second-order valence-electron chi connectivity index (χ2n) is 4.29. The zero-order chi connectivity index (χ0) is 15.8. The predicted octanol–water partition coefficient (Wildman–Crippen LogP) is 3.98. The van der Waals surface area contributed by atoms with Crippen LogP contribution in [0.15, 0.2) is 39.7 Å². The van der Waals surface area contributed by atoms with Gasteiger partial charge in [-0.2, -0.15) is 0 Å². The number of hydrogen-bond donors (Lipinski definition) is 1. The second kappa shape index (κ2) is 5.69. The maximum Gasteiger partial charge on any atom is 0.267 e. The minimum absolute atomic E-state index is 0.123. The van der Waals surface area contributed by atoms with Crippen LogP contribution < -0.4 is 4.72 Å². The average molecular weight is 380 g/mol. The number of aryl methyl sites for hydroxylation is 1. The fourth-order valence-corrected chi connectivity index (χ4v) is 3.37. The highest BCUT2D eigenvalue weighted by Gasteiger charge is 2.25. The Morgan fingerprint density at radius 1 is 1.05 bits per heavy atom. The van der Waals surface area contributed by atoms with Crippen molar-refractivity contribution in [3.8, 4) is 0 Å². The van der Waals surface area contributed by atoms with E-state index in [1.165, 1.54) is 6.07 Å². The lowest BCUT2D eigenvalue weighted by Gasteiger charge is -2.12. The Labute approximate surface area is 128 Å². The maximum absolute atomic E-state index is 13.6. The third-order valence-electron chi connectivity index (χ3n) is 2.60. The number of anilines is 1. The van der Waals surface area contributed by atoms with Crippen molar-refractivity contribution in [1.29, 1.82) is 0 Å². The molecule has 0 aliphatic heterocycles. The van der Waals surface area contributed by atoms with Crippen molar-refractivity contribution in [3.05, 3.63) is 57.8 Å². The van der Waals surface area contributed by atoms with Crippen molar-refractivity contribution >= 4 is 31.6 Å². The topological polar surface area (TPSA) is 46.2 Å². The molecule has 0 heterocycles. The van der Waals surface area contributed by atoms with Crippen molar-refractivity contribution in [2.24, 2.45) is 0 Å². The first kappa shape index (κ1) is 15.8. The number of rotatable bonds is 3. The highest BCUT2D eigenvalue weighted by atomic mass is 79.9. The Morgan fingerprint density at radius 2 is 1.62 bits per heavy atom. The van der Waals surface area contributed by atoms with Gasteiger partial charge in [0.1, 0.15) is 17.5 Å². The quantitative estimate of drug-likeness (QED) is 0.876. The van der Waals surface area contributed by atoms with Crippen molar-refractivity contribution < 1.29 is 21.6 Å². The highest BCUT2D eigenvalue weighted by molar-refractivity contribution is 9.10. The molecule has 0 unspecified atom stereocenters. The number of halogens is 4. The Kier molecular flexibility index (Phi) is 4.29. The summed E-state index contributed by atoms with van der Waals surface area (Å²) in [5.74, 6) is -4.19. The monoisotopic (exact) mass is 379 g/mol. The molecule has 21 heavy (non-hydrogen) atoms. The van der Waals surface area contributed by atoms with E-state index in [1.54, 1.807) is 19.1 Å². The van der Waals surface area contributed by atoms with E-state index in [4.69, 9.17) is 0 Å². The van der Waals surface area contributed by atoms with E-state index in [1.807, 2.05) is 0 Å². The van der Waals surface area contributed by atoms with Gasteiger partial charge < -0.3 is 0 Å². The van der Waals surface area contributed by atoms with Crippen LogP contribution in [-0.2, 0) is 10.0 Å². The van der Waals surface area contributed by atoms with Gasteiger partial charge in [-0.15, -0.1) is 0 Å². The molecule has 0 radical (unpaired) electrons. The summed E-state index contributed by atoms with van der Waals surface area (Å²) in [5.41, 5.74) is 0.870. The molecule has 2 rings (SSSR count). The molecule has 1 N–H and O–H groups in total. The molecule has 0 amide bonds. The molecule has 112 valence electrons. The summed E-state index contributed by atoms with van der Waals surface area (Å²) in [7, 11) is -4.53. The molecule has 0 aliphatic rings. The average Bonchev–Trinajstić information content (AvgIpc) is 2.31. The van der Waals surface area contributed by atoms with E-state index in [9.17, 15) is 21.6 Å². The van der Waals surface area contributed by atoms with Crippen LogP contribution in [0.1, 0.15) is 5.56 Å². The lowest BCUT2D eigenvalue weighted by Crippen LogP contribution is -2.17.